The van der Waals surface area contributed by atoms with Crippen LogP contribution in [0.2, 0.25) is 0 Å². The molecule has 3 rings (SSSR count). The lowest BCUT2D eigenvalue weighted by Crippen LogP contribution is -2.43. The Morgan fingerprint density at radius 2 is 1.73 bits per heavy atom. The van der Waals surface area contributed by atoms with E-state index in [1.165, 1.54) is 0 Å². The number of nitrogens with zero attached hydrogens (tertiary/aromatic N) is 1. The lowest BCUT2D eigenvalue weighted by atomic mass is 10.1. The standard InChI is InChI=1S/C22H24N4O4/c23-22(30)24-12-6-10-17(21(28)29)25-20(27)14-26-18-11-5-4-9-16(18)13-19(26)15-7-2-1-3-8-15/h1-5,7-9,11,13,17H,6,10,12,14H2,(H,25,27)(H,28,29)(H3,23,24,30)/t17-/m1/s1. The molecule has 0 saturated carbocycles. The third-order valence-electron chi connectivity index (χ3n) is 4.78. The predicted octanol–water partition coefficient (Wildman–Crippen LogP) is 2.33. The number of nitrogens with two attached hydrogens (primary N) is 1. The number of primary amides is 1. The van der Waals surface area contributed by atoms with E-state index >= 15 is 0 Å². The van der Waals surface area contributed by atoms with Crippen molar-refractivity contribution in [2.45, 2.75) is 25.4 Å². The van der Waals surface area contributed by atoms with E-state index < -0.39 is 23.9 Å². The van der Waals surface area contributed by atoms with Crippen molar-refractivity contribution in [3.63, 3.8) is 0 Å². The first-order valence-electron chi connectivity index (χ1n) is 9.65. The van der Waals surface area contributed by atoms with Crippen molar-refractivity contribution in [1.82, 2.24) is 15.2 Å². The first-order chi connectivity index (χ1) is 14.5. The van der Waals surface area contributed by atoms with Gasteiger partial charge in [-0.25, -0.2) is 9.59 Å². The lowest BCUT2D eigenvalue weighted by Gasteiger charge is -2.16. The van der Waals surface area contributed by atoms with E-state index in [9.17, 15) is 19.5 Å². The zero-order valence-corrected chi connectivity index (χ0v) is 16.4. The highest BCUT2D eigenvalue weighted by Gasteiger charge is 2.21. The largest absolute Gasteiger partial charge is 0.480 e. The number of urea groups is 1. The Bertz CT molecular complexity index is 1050. The molecule has 3 aromatic rings. The van der Waals surface area contributed by atoms with E-state index in [1.807, 2.05) is 65.2 Å². The summed E-state index contributed by atoms with van der Waals surface area (Å²) in [6, 6.07) is 17.8. The average molecular weight is 408 g/mol. The van der Waals surface area contributed by atoms with Crippen LogP contribution in [-0.4, -0.2) is 40.2 Å². The number of aliphatic carboxylic acids is 1. The first kappa shape index (κ1) is 20.9. The maximum Gasteiger partial charge on any atom is 0.326 e. The smallest absolute Gasteiger partial charge is 0.326 e. The number of amides is 3. The summed E-state index contributed by atoms with van der Waals surface area (Å²) >= 11 is 0. The molecule has 0 unspecified atom stereocenters. The molecule has 156 valence electrons. The molecule has 1 atom stereocenters. The molecule has 0 saturated heterocycles. The van der Waals surface area contributed by atoms with Gasteiger partial charge in [-0.05, 0) is 30.5 Å². The van der Waals surface area contributed by atoms with Gasteiger partial charge < -0.3 is 26.0 Å². The maximum absolute atomic E-state index is 12.7. The molecular weight excluding hydrogens is 384 g/mol. The third-order valence-corrected chi connectivity index (χ3v) is 4.78. The number of para-hydroxylation sites is 1. The molecule has 1 aromatic heterocycles. The van der Waals surface area contributed by atoms with Crippen LogP contribution < -0.4 is 16.4 Å². The Hall–Kier alpha value is -3.81. The van der Waals surface area contributed by atoms with Gasteiger partial charge in [-0.1, -0.05) is 48.5 Å². The van der Waals surface area contributed by atoms with Gasteiger partial charge in [-0.3, -0.25) is 4.79 Å². The SMILES string of the molecule is NC(=O)NCCC[C@@H](NC(=O)Cn1c(-c2ccccc2)cc2ccccc21)C(=O)O. The minimum Gasteiger partial charge on any atom is -0.480 e. The van der Waals surface area contributed by atoms with Gasteiger partial charge in [0.05, 0.1) is 0 Å². The number of hydrogen-bond acceptors (Lipinski definition) is 3. The summed E-state index contributed by atoms with van der Waals surface area (Å²) in [4.78, 5) is 35.0. The van der Waals surface area contributed by atoms with Crippen molar-refractivity contribution >= 4 is 28.8 Å². The van der Waals surface area contributed by atoms with E-state index in [2.05, 4.69) is 10.6 Å². The van der Waals surface area contributed by atoms with Gasteiger partial charge in [-0.15, -0.1) is 0 Å². The molecule has 3 amide bonds. The van der Waals surface area contributed by atoms with E-state index in [1.54, 1.807) is 0 Å². The number of rotatable bonds is 9. The second-order valence-electron chi connectivity index (χ2n) is 6.93. The number of carbonyl (C=O) groups excluding carboxylic acids is 2. The molecule has 0 aliphatic heterocycles. The topological polar surface area (TPSA) is 126 Å². The van der Waals surface area contributed by atoms with E-state index in [4.69, 9.17) is 5.73 Å². The van der Waals surface area contributed by atoms with Crippen LogP contribution >= 0.6 is 0 Å². The number of nitrogens with one attached hydrogen (secondary N) is 2. The molecule has 0 bridgehead atoms. The summed E-state index contributed by atoms with van der Waals surface area (Å²) in [6.45, 7) is 0.233. The molecule has 5 N–H and O–H groups in total. The highest BCUT2D eigenvalue weighted by Crippen LogP contribution is 2.28. The average Bonchev–Trinajstić information content (AvgIpc) is 3.09. The molecule has 0 spiro atoms. The van der Waals surface area contributed by atoms with E-state index in [0.29, 0.717) is 6.42 Å². The van der Waals surface area contributed by atoms with Crippen LogP contribution in [0.3, 0.4) is 0 Å². The van der Waals surface area contributed by atoms with Crippen molar-refractivity contribution in [3.8, 4) is 11.3 Å². The molecule has 0 fully saturated rings. The second-order valence-corrected chi connectivity index (χ2v) is 6.93. The molecule has 0 radical (unpaired) electrons. The summed E-state index contributed by atoms with van der Waals surface area (Å²) in [5.41, 5.74) is 7.73. The molecule has 8 nitrogen and oxygen atoms in total. The number of carboxylic acids is 1. The summed E-state index contributed by atoms with van der Waals surface area (Å²) in [5, 5.41) is 15.4. The van der Waals surface area contributed by atoms with Gasteiger partial charge in [0.2, 0.25) is 5.91 Å². The quantitative estimate of drug-likeness (QED) is 0.405. The number of carboxylic acid groups (broad SMARTS) is 1. The van der Waals surface area contributed by atoms with Crippen LogP contribution in [-0.2, 0) is 16.1 Å². The van der Waals surface area contributed by atoms with Gasteiger partial charge in [0.1, 0.15) is 12.6 Å². The monoisotopic (exact) mass is 408 g/mol. The molecule has 0 aliphatic carbocycles. The molecule has 30 heavy (non-hydrogen) atoms. The number of benzene rings is 2. The fourth-order valence-corrected chi connectivity index (χ4v) is 3.39. The van der Waals surface area contributed by atoms with Gasteiger partial charge in [-0.2, -0.15) is 0 Å². The van der Waals surface area contributed by atoms with Gasteiger partial charge in [0.15, 0.2) is 0 Å². The van der Waals surface area contributed by atoms with Gasteiger partial charge >= 0.3 is 12.0 Å². The Morgan fingerprint density at radius 1 is 1.03 bits per heavy atom. The minimum absolute atomic E-state index is 0.0128. The van der Waals surface area contributed by atoms with Crippen LogP contribution in [0.15, 0.2) is 60.7 Å². The van der Waals surface area contributed by atoms with Crippen LogP contribution in [0.25, 0.3) is 22.2 Å². The van der Waals surface area contributed by atoms with Crippen molar-refractivity contribution in [1.29, 1.82) is 0 Å². The second kappa shape index (κ2) is 9.60. The van der Waals surface area contributed by atoms with E-state index in [-0.39, 0.29) is 19.5 Å². The summed E-state index contributed by atoms with van der Waals surface area (Å²) in [5.74, 6) is -1.52. The number of aromatic nitrogens is 1. The highest BCUT2D eigenvalue weighted by molar-refractivity contribution is 5.90. The summed E-state index contributed by atoms with van der Waals surface area (Å²) in [6.07, 6.45) is 0.557. The molecule has 0 aliphatic rings. The molecule has 8 heteroatoms. The number of hydrogen-bond donors (Lipinski definition) is 4. The first-order valence-corrected chi connectivity index (χ1v) is 9.65. The molecular formula is C22H24N4O4. The maximum atomic E-state index is 12.7. The summed E-state index contributed by atoms with van der Waals surface area (Å²) < 4.78 is 1.88. The zero-order valence-electron chi connectivity index (χ0n) is 16.4. The lowest BCUT2D eigenvalue weighted by molar-refractivity contribution is -0.142. The molecule has 2 aromatic carbocycles. The van der Waals surface area contributed by atoms with Crippen LogP contribution in [0.1, 0.15) is 12.8 Å². The van der Waals surface area contributed by atoms with Gasteiger partial charge in [0.25, 0.3) is 0 Å². The van der Waals surface area contributed by atoms with Crippen molar-refractivity contribution in [3.05, 3.63) is 60.7 Å². The highest BCUT2D eigenvalue weighted by atomic mass is 16.4. The predicted molar refractivity (Wildman–Crippen MR) is 114 cm³/mol. The summed E-state index contributed by atoms with van der Waals surface area (Å²) in [7, 11) is 0. The van der Waals surface area contributed by atoms with E-state index in [0.717, 1.165) is 22.2 Å². The van der Waals surface area contributed by atoms with Crippen LogP contribution in [0, 0.1) is 0 Å². The Balaban J connectivity index is 1.77. The fourth-order valence-electron chi connectivity index (χ4n) is 3.39. The van der Waals surface area contributed by atoms with Crippen LogP contribution in [0.4, 0.5) is 4.79 Å². The normalized spacial score (nSPS) is 11.7. The third kappa shape index (κ3) is 5.16. The van der Waals surface area contributed by atoms with Crippen molar-refractivity contribution in [2.24, 2.45) is 5.73 Å². The van der Waals surface area contributed by atoms with Crippen molar-refractivity contribution in [2.75, 3.05) is 6.54 Å². The number of fused-ring (bicyclic) bond motifs is 1. The zero-order chi connectivity index (χ0) is 21.5. The van der Waals surface area contributed by atoms with Crippen molar-refractivity contribution < 1.29 is 19.5 Å². The number of carbonyl (C=O) groups is 3. The fraction of sp³-hybridized carbons (Fsp3) is 0.227. The Kier molecular flexibility index (Phi) is 6.69. The molecule has 1 heterocycles. The Labute approximate surface area is 173 Å². The Morgan fingerprint density at radius 3 is 2.43 bits per heavy atom. The minimum atomic E-state index is -1.12. The van der Waals surface area contributed by atoms with Crippen LogP contribution in [0.5, 0.6) is 0 Å². The van der Waals surface area contributed by atoms with Gasteiger partial charge in [0, 0.05) is 23.1 Å².